The molecule has 1 aliphatic heterocycles. The maximum atomic E-state index is 12.8. The first-order valence-corrected chi connectivity index (χ1v) is 9.05. The van der Waals surface area contributed by atoms with Crippen molar-refractivity contribution < 1.29 is 29.3 Å². The molecule has 0 bridgehead atoms. The molecule has 1 saturated heterocycles. The molecule has 1 aliphatic rings. The van der Waals surface area contributed by atoms with E-state index < -0.39 is 23.7 Å². The number of aliphatic hydroxyl groups excluding tert-OH is 1. The lowest BCUT2D eigenvalue weighted by Gasteiger charge is -2.26. The van der Waals surface area contributed by atoms with Crippen LogP contribution in [0.3, 0.4) is 0 Å². The van der Waals surface area contributed by atoms with E-state index >= 15 is 0 Å². The SMILES string of the molecule is COc1ccccc1C1C(=C(O)c2ccc(C)cc2)C(=O)C(=O)N1CCC(=O)O. The Labute approximate surface area is 167 Å². The third-order valence-electron chi connectivity index (χ3n) is 4.87. The van der Waals surface area contributed by atoms with Crippen LogP contribution in [0.2, 0.25) is 0 Å². The third-order valence-corrected chi connectivity index (χ3v) is 4.87. The zero-order chi connectivity index (χ0) is 21.1. The van der Waals surface area contributed by atoms with Crippen LogP contribution in [0.4, 0.5) is 0 Å². The van der Waals surface area contributed by atoms with Gasteiger partial charge in [-0.25, -0.2) is 0 Å². The summed E-state index contributed by atoms with van der Waals surface area (Å²) >= 11 is 0. The van der Waals surface area contributed by atoms with E-state index in [-0.39, 0.29) is 24.3 Å². The number of ketones is 1. The highest BCUT2D eigenvalue weighted by Gasteiger charge is 2.46. The monoisotopic (exact) mass is 395 g/mol. The van der Waals surface area contributed by atoms with Gasteiger partial charge in [-0.1, -0.05) is 48.0 Å². The number of rotatable bonds is 6. The molecule has 2 N–H and O–H groups in total. The Bertz CT molecular complexity index is 993. The maximum Gasteiger partial charge on any atom is 0.305 e. The van der Waals surface area contributed by atoms with Crippen LogP contribution in [0.1, 0.15) is 29.2 Å². The number of hydrogen-bond acceptors (Lipinski definition) is 5. The molecule has 0 spiro atoms. The van der Waals surface area contributed by atoms with Gasteiger partial charge in [0.25, 0.3) is 11.7 Å². The number of aryl methyl sites for hydroxylation is 1. The van der Waals surface area contributed by atoms with Crippen molar-refractivity contribution in [3.63, 3.8) is 0 Å². The van der Waals surface area contributed by atoms with Crippen LogP contribution in [-0.4, -0.2) is 46.4 Å². The van der Waals surface area contributed by atoms with Gasteiger partial charge in [-0.05, 0) is 13.0 Å². The summed E-state index contributed by atoms with van der Waals surface area (Å²) in [5, 5.41) is 20.0. The Morgan fingerprint density at radius 2 is 1.72 bits per heavy atom. The van der Waals surface area contributed by atoms with Crippen molar-refractivity contribution in [1.82, 2.24) is 4.90 Å². The van der Waals surface area contributed by atoms with Gasteiger partial charge in [0.15, 0.2) is 0 Å². The molecular formula is C22H21NO6. The van der Waals surface area contributed by atoms with Gasteiger partial charge in [-0.15, -0.1) is 0 Å². The second-order valence-corrected chi connectivity index (χ2v) is 6.74. The first-order valence-electron chi connectivity index (χ1n) is 9.05. The topological polar surface area (TPSA) is 104 Å². The molecule has 1 heterocycles. The van der Waals surface area contributed by atoms with E-state index in [1.807, 2.05) is 6.92 Å². The number of Topliss-reactive ketones (excluding diaryl/α,β-unsaturated/α-hetero) is 1. The second kappa shape index (κ2) is 8.18. The molecule has 1 unspecified atom stereocenters. The van der Waals surface area contributed by atoms with Crippen LogP contribution in [0.25, 0.3) is 5.76 Å². The van der Waals surface area contributed by atoms with Gasteiger partial charge in [0.05, 0.1) is 25.1 Å². The van der Waals surface area contributed by atoms with Gasteiger partial charge < -0.3 is 19.8 Å². The number of carbonyl (C=O) groups is 3. The standard InChI is InChI=1S/C22H21NO6/c1-13-7-9-14(10-8-13)20(26)18-19(15-5-3-4-6-16(15)29-2)23(12-11-17(24)25)22(28)21(18)27/h3-10,19,26H,11-12H2,1-2H3,(H,24,25). The quantitative estimate of drug-likeness (QED) is 0.443. The van der Waals surface area contributed by atoms with Crippen LogP contribution in [-0.2, 0) is 14.4 Å². The third kappa shape index (κ3) is 3.85. The number of aliphatic carboxylic acids is 1. The van der Waals surface area contributed by atoms with Gasteiger partial charge in [0.1, 0.15) is 11.5 Å². The lowest BCUT2D eigenvalue weighted by Crippen LogP contribution is -2.32. The van der Waals surface area contributed by atoms with Gasteiger partial charge in [-0.3, -0.25) is 14.4 Å². The number of amides is 1. The summed E-state index contributed by atoms with van der Waals surface area (Å²) in [6.45, 7) is 1.72. The van der Waals surface area contributed by atoms with Crippen LogP contribution in [0, 0.1) is 6.92 Å². The average molecular weight is 395 g/mol. The molecule has 0 saturated carbocycles. The van der Waals surface area contributed by atoms with Gasteiger partial charge >= 0.3 is 5.97 Å². The van der Waals surface area contributed by atoms with Crippen molar-refractivity contribution in [3.8, 4) is 5.75 Å². The van der Waals surface area contributed by atoms with Crippen molar-refractivity contribution in [1.29, 1.82) is 0 Å². The smallest absolute Gasteiger partial charge is 0.305 e. The minimum Gasteiger partial charge on any atom is -0.507 e. The van der Waals surface area contributed by atoms with E-state index in [0.29, 0.717) is 16.9 Å². The van der Waals surface area contributed by atoms with E-state index in [4.69, 9.17) is 9.84 Å². The number of carboxylic acid groups (broad SMARTS) is 1. The number of methoxy groups -OCH3 is 1. The van der Waals surface area contributed by atoms with Crippen molar-refractivity contribution in [2.45, 2.75) is 19.4 Å². The van der Waals surface area contributed by atoms with E-state index in [1.54, 1.807) is 48.5 Å². The Hall–Kier alpha value is -3.61. The first-order chi connectivity index (χ1) is 13.8. The Morgan fingerprint density at radius 1 is 1.07 bits per heavy atom. The number of aliphatic hydroxyl groups is 1. The largest absolute Gasteiger partial charge is 0.507 e. The van der Waals surface area contributed by atoms with E-state index in [2.05, 4.69) is 0 Å². The van der Waals surface area contributed by atoms with Crippen LogP contribution in [0.5, 0.6) is 5.75 Å². The molecule has 0 aromatic heterocycles. The summed E-state index contributed by atoms with van der Waals surface area (Å²) in [7, 11) is 1.46. The lowest BCUT2D eigenvalue weighted by molar-refractivity contribution is -0.142. The summed E-state index contributed by atoms with van der Waals surface area (Å²) in [6.07, 6.45) is -0.330. The van der Waals surface area contributed by atoms with Gasteiger partial charge in [0.2, 0.25) is 0 Å². The molecular weight excluding hydrogens is 374 g/mol. The number of hydrogen-bond donors (Lipinski definition) is 2. The molecule has 29 heavy (non-hydrogen) atoms. The van der Waals surface area contributed by atoms with E-state index in [9.17, 15) is 19.5 Å². The molecule has 7 nitrogen and oxygen atoms in total. The number of nitrogens with zero attached hydrogens (tertiary/aromatic N) is 1. The molecule has 0 radical (unpaired) electrons. The molecule has 2 aromatic carbocycles. The molecule has 1 atom stereocenters. The average Bonchev–Trinajstić information content (AvgIpc) is 2.96. The highest BCUT2D eigenvalue weighted by Crippen LogP contribution is 2.42. The van der Waals surface area contributed by atoms with E-state index in [1.165, 1.54) is 12.0 Å². The zero-order valence-corrected chi connectivity index (χ0v) is 16.1. The number of carboxylic acids is 1. The first kappa shape index (κ1) is 20.1. The summed E-state index contributed by atoms with van der Waals surface area (Å²) in [6, 6.07) is 12.8. The molecule has 2 aromatic rings. The van der Waals surface area contributed by atoms with Gasteiger partial charge in [0, 0.05) is 17.7 Å². The van der Waals surface area contributed by atoms with Crippen molar-refractivity contribution in [2.75, 3.05) is 13.7 Å². The summed E-state index contributed by atoms with van der Waals surface area (Å²) < 4.78 is 5.38. The van der Waals surface area contributed by atoms with Crippen LogP contribution in [0.15, 0.2) is 54.1 Å². The van der Waals surface area contributed by atoms with Crippen molar-refractivity contribution >= 4 is 23.4 Å². The van der Waals surface area contributed by atoms with Crippen LogP contribution >= 0.6 is 0 Å². The number of para-hydroxylation sites is 1. The zero-order valence-electron chi connectivity index (χ0n) is 16.1. The fourth-order valence-corrected chi connectivity index (χ4v) is 3.41. The highest BCUT2D eigenvalue weighted by molar-refractivity contribution is 6.46. The molecule has 7 heteroatoms. The van der Waals surface area contributed by atoms with E-state index in [0.717, 1.165) is 5.56 Å². The number of carbonyl (C=O) groups excluding carboxylic acids is 2. The number of benzene rings is 2. The Balaban J connectivity index is 2.20. The molecule has 1 fully saturated rings. The second-order valence-electron chi connectivity index (χ2n) is 6.74. The van der Waals surface area contributed by atoms with Crippen molar-refractivity contribution in [3.05, 3.63) is 70.8 Å². The summed E-state index contributed by atoms with van der Waals surface area (Å²) in [5.41, 5.74) is 1.78. The molecule has 150 valence electrons. The summed E-state index contributed by atoms with van der Waals surface area (Å²) in [5.74, 6) is -2.68. The molecule has 3 rings (SSSR count). The molecule has 1 amide bonds. The predicted molar refractivity (Wildman–Crippen MR) is 105 cm³/mol. The van der Waals surface area contributed by atoms with Crippen molar-refractivity contribution in [2.24, 2.45) is 0 Å². The minimum absolute atomic E-state index is 0.0891. The Morgan fingerprint density at radius 3 is 2.34 bits per heavy atom. The van der Waals surface area contributed by atoms with Gasteiger partial charge in [-0.2, -0.15) is 0 Å². The molecule has 0 aliphatic carbocycles. The van der Waals surface area contributed by atoms with Crippen LogP contribution < -0.4 is 4.74 Å². The normalized spacial score (nSPS) is 18.1. The Kier molecular flexibility index (Phi) is 5.68. The fourth-order valence-electron chi connectivity index (χ4n) is 3.41. The maximum absolute atomic E-state index is 12.8. The number of ether oxygens (including phenoxy) is 1. The predicted octanol–water partition coefficient (Wildman–Crippen LogP) is 2.90. The highest BCUT2D eigenvalue weighted by atomic mass is 16.5. The summed E-state index contributed by atoms with van der Waals surface area (Å²) in [4.78, 5) is 37.8. The number of likely N-dealkylation sites (tertiary alicyclic amines) is 1. The lowest BCUT2D eigenvalue weighted by atomic mass is 9.94. The fraction of sp³-hybridized carbons (Fsp3) is 0.227. The minimum atomic E-state index is -1.09.